The highest BCUT2D eigenvalue weighted by Gasteiger charge is 2.31. The van der Waals surface area contributed by atoms with Crippen LogP contribution in [0.2, 0.25) is 0 Å². The Balaban J connectivity index is 1.78. The van der Waals surface area contributed by atoms with Crippen LogP contribution in [-0.2, 0) is 9.59 Å². The van der Waals surface area contributed by atoms with Crippen LogP contribution in [0.3, 0.4) is 0 Å². The molecule has 2 atom stereocenters. The maximum Gasteiger partial charge on any atom is 0.225 e. The van der Waals surface area contributed by atoms with E-state index in [0.717, 1.165) is 24.0 Å². The zero-order chi connectivity index (χ0) is 20.3. The van der Waals surface area contributed by atoms with Gasteiger partial charge < -0.3 is 10.2 Å². The van der Waals surface area contributed by atoms with Crippen molar-refractivity contribution in [3.8, 4) is 0 Å². The summed E-state index contributed by atoms with van der Waals surface area (Å²) in [6.45, 7) is 6.31. The van der Waals surface area contributed by atoms with Gasteiger partial charge in [-0.2, -0.15) is 0 Å². The van der Waals surface area contributed by atoms with Crippen LogP contribution in [-0.4, -0.2) is 23.3 Å². The van der Waals surface area contributed by atoms with Gasteiger partial charge in [-0.1, -0.05) is 30.3 Å². The van der Waals surface area contributed by atoms with Crippen molar-refractivity contribution < 1.29 is 14.0 Å². The van der Waals surface area contributed by atoms with Gasteiger partial charge in [-0.25, -0.2) is 4.39 Å². The molecule has 0 aromatic heterocycles. The Hall–Kier alpha value is -2.69. The number of nitrogens with zero attached hydrogens (tertiary/aromatic N) is 1. The Bertz CT molecular complexity index is 863. The van der Waals surface area contributed by atoms with Crippen molar-refractivity contribution in [3.63, 3.8) is 0 Å². The van der Waals surface area contributed by atoms with Crippen LogP contribution in [0.25, 0.3) is 0 Å². The van der Waals surface area contributed by atoms with E-state index in [-0.39, 0.29) is 30.1 Å². The van der Waals surface area contributed by atoms with E-state index in [1.165, 1.54) is 30.2 Å². The van der Waals surface area contributed by atoms with Gasteiger partial charge >= 0.3 is 0 Å². The lowest BCUT2D eigenvalue weighted by molar-refractivity contribution is -0.133. The molecule has 0 unspecified atom stereocenters. The average molecular weight is 382 g/mol. The molecule has 2 aromatic carbocycles. The monoisotopic (exact) mass is 382 g/mol. The SMILES string of the molecule is CC(=O)N[C@@H](CC(=O)N1CCC[C@@H]1c1ccc(C)c(C)c1)c1ccc(F)cc1. The molecule has 1 aliphatic heterocycles. The fourth-order valence-electron chi connectivity index (χ4n) is 3.87. The minimum absolute atomic E-state index is 0.00352. The predicted molar refractivity (Wildman–Crippen MR) is 107 cm³/mol. The minimum Gasteiger partial charge on any atom is -0.349 e. The number of hydrogen-bond acceptors (Lipinski definition) is 2. The second-order valence-electron chi connectivity index (χ2n) is 7.60. The second kappa shape index (κ2) is 8.55. The van der Waals surface area contributed by atoms with E-state index in [1.807, 2.05) is 4.90 Å². The first-order valence-corrected chi connectivity index (χ1v) is 9.74. The number of aryl methyl sites for hydroxylation is 2. The topological polar surface area (TPSA) is 49.4 Å². The fourth-order valence-corrected chi connectivity index (χ4v) is 3.87. The normalized spacial score (nSPS) is 17.4. The largest absolute Gasteiger partial charge is 0.349 e. The van der Waals surface area contributed by atoms with E-state index in [1.54, 1.807) is 12.1 Å². The van der Waals surface area contributed by atoms with Crippen molar-refractivity contribution >= 4 is 11.8 Å². The number of rotatable bonds is 5. The fraction of sp³-hybridized carbons (Fsp3) is 0.391. The number of hydrogen-bond donors (Lipinski definition) is 1. The number of carbonyl (C=O) groups excluding carboxylic acids is 2. The van der Waals surface area contributed by atoms with Crippen molar-refractivity contribution in [2.24, 2.45) is 0 Å². The third kappa shape index (κ3) is 4.58. The van der Waals surface area contributed by atoms with Gasteiger partial charge in [0.1, 0.15) is 5.82 Å². The highest BCUT2D eigenvalue weighted by Crippen LogP contribution is 2.34. The van der Waals surface area contributed by atoms with Gasteiger partial charge in [0.25, 0.3) is 0 Å². The van der Waals surface area contributed by atoms with E-state index in [2.05, 4.69) is 37.4 Å². The summed E-state index contributed by atoms with van der Waals surface area (Å²) in [5.74, 6) is -0.552. The van der Waals surface area contributed by atoms with Gasteiger partial charge in [-0.3, -0.25) is 9.59 Å². The first-order chi connectivity index (χ1) is 13.3. The zero-order valence-electron chi connectivity index (χ0n) is 16.7. The number of nitrogens with one attached hydrogen (secondary N) is 1. The van der Waals surface area contributed by atoms with E-state index < -0.39 is 6.04 Å². The van der Waals surface area contributed by atoms with Crippen molar-refractivity contribution in [1.82, 2.24) is 10.2 Å². The standard InChI is InChI=1S/C23H27FN2O2/c1-15-6-7-19(13-16(15)2)22-5-4-12-26(22)23(28)14-21(25-17(3)27)18-8-10-20(24)11-9-18/h6-11,13,21-22H,4-5,12,14H2,1-3H3,(H,25,27)/t21-,22+/m0/s1. The number of halogens is 1. The Labute approximate surface area is 165 Å². The summed E-state index contributed by atoms with van der Waals surface area (Å²) in [5.41, 5.74) is 4.35. The van der Waals surface area contributed by atoms with Gasteiger partial charge in [-0.15, -0.1) is 0 Å². The molecule has 0 aliphatic carbocycles. The summed E-state index contributed by atoms with van der Waals surface area (Å²) in [5, 5.41) is 2.83. The van der Waals surface area contributed by atoms with Crippen LogP contribution in [0.15, 0.2) is 42.5 Å². The van der Waals surface area contributed by atoms with Crippen LogP contribution in [0.1, 0.15) is 60.5 Å². The first-order valence-electron chi connectivity index (χ1n) is 9.74. The third-order valence-electron chi connectivity index (χ3n) is 5.52. The van der Waals surface area contributed by atoms with E-state index in [4.69, 9.17) is 0 Å². The van der Waals surface area contributed by atoms with Crippen molar-refractivity contribution in [3.05, 3.63) is 70.5 Å². The number of amides is 2. The summed E-state index contributed by atoms with van der Waals surface area (Å²) in [6, 6.07) is 11.9. The molecule has 0 saturated carbocycles. The van der Waals surface area contributed by atoms with Crippen molar-refractivity contribution in [2.45, 2.75) is 52.1 Å². The summed E-state index contributed by atoms with van der Waals surface area (Å²) < 4.78 is 13.3. The summed E-state index contributed by atoms with van der Waals surface area (Å²) >= 11 is 0. The molecule has 4 nitrogen and oxygen atoms in total. The minimum atomic E-state index is -0.466. The molecule has 1 aliphatic rings. The lowest BCUT2D eigenvalue weighted by Crippen LogP contribution is -2.35. The Morgan fingerprint density at radius 3 is 2.50 bits per heavy atom. The Kier molecular flexibility index (Phi) is 6.12. The smallest absolute Gasteiger partial charge is 0.225 e. The van der Waals surface area contributed by atoms with Crippen LogP contribution in [0.4, 0.5) is 4.39 Å². The molecule has 148 valence electrons. The Morgan fingerprint density at radius 1 is 1.14 bits per heavy atom. The summed E-state index contributed by atoms with van der Waals surface area (Å²) in [4.78, 5) is 26.7. The van der Waals surface area contributed by atoms with Crippen molar-refractivity contribution in [1.29, 1.82) is 0 Å². The number of benzene rings is 2. The number of likely N-dealkylation sites (tertiary alicyclic amines) is 1. The van der Waals surface area contributed by atoms with Gasteiger partial charge in [0.15, 0.2) is 0 Å². The quantitative estimate of drug-likeness (QED) is 0.835. The molecule has 1 heterocycles. The molecule has 0 radical (unpaired) electrons. The molecule has 1 N–H and O–H groups in total. The van der Waals surface area contributed by atoms with E-state index >= 15 is 0 Å². The molecule has 2 amide bonds. The molecular formula is C23H27FN2O2. The maximum atomic E-state index is 13.3. The van der Waals surface area contributed by atoms with Crippen molar-refractivity contribution in [2.75, 3.05) is 6.54 Å². The first kappa shape index (κ1) is 20.1. The van der Waals surface area contributed by atoms with Gasteiger partial charge in [0.2, 0.25) is 11.8 Å². The molecule has 1 fully saturated rings. The molecule has 5 heteroatoms. The molecule has 0 bridgehead atoms. The summed E-state index contributed by atoms with van der Waals surface area (Å²) in [6.07, 6.45) is 2.06. The van der Waals surface area contributed by atoms with Crippen LogP contribution in [0, 0.1) is 19.7 Å². The molecule has 2 aromatic rings. The molecule has 1 saturated heterocycles. The maximum absolute atomic E-state index is 13.3. The highest BCUT2D eigenvalue weighted by molar-refractivity contribution is 5.80. The molecule has 0 spiro atoms. The summed E-state index contributed by atoms with van der Waals surface area (Å²) in [7, 11) is 0. The van der Waals surface area contributed by atoms with Crippen LogP contribution >= 0.6 is 0 Å². The average Bonchev–Trinajstić information content (AvgIpc) is 3.13. The Morgan fingerprint density at radius 2 is 1.86 bits per heavy atom. The number of carbonyl (C=O) groups is 2. The van der Waals surface area contributed by atoms with Crippen LogP contribution < -0.4 is 5.32 Å². The van der Waals surface area contributed by atoms with Crippen LogP contribution in [0.5, 0.6) is 0 Å². The predicted octanol–water partition coefficient (Wildman–Crippen LogP) is 4.37. The van der Waals surface area contributed by atoms with E-state index in [0.29, 0.717) is 6.54 Å². The van der Waals surface area contributed by atoms with Gasteiger partial charge in [0, 0.05) is 13.5 Å². The molecule has 28 heavy (non-hydrogen) atoms. The highest BCUT2D eigenvalue weighted by atomic mass is 19.1. The molecular weight excluding hydrogens is 355 g/mol. The lowest BCUT2D eigenvalue weighted by Gasteiger charge is -2.28. The zero-order valence-corrected chi connectivity index (χ0v) is 16.7. The third-order valence-corrected chi connectivity index (χ3v) is 5.52. The second-order valence-corrected chi connectivity index (χ2v) is 7.60. The lowest BCUT2D eigenvalue weighted by atomic mass is 9.98. The molecule has 3 rings (SSSR count). The van der Waals surface area contributed by atoms with Gasteiger partial charge in [0.05, 0.1) is 18.5 Å². The van der Waals surface area contributed by atoms with Gasteiger partial charge in [-0.05, 0) is 61.1 Å². The van der Waals surface area contributed by atoms with E-state index in [9.17, 15) is 14.0 Å².